The summed E-state index contributed by atoms with van der Waals surface area (Å²) in [7, 11) is 0. The molecule has 0 radical (unpaired) electrons. The Morgan fingerprint density at radius 3 is 2.63 bits per heavy atom. The molecule has 8 nitrogen and oxygen atoms in total. The van der Waals surface area contributed by atoms with E-state index in [1.165, 1.54) is 0 Å². The monoisotopic (exact) mass is 490 g/mol. The maximum Gasteiger partial charge on any atom is 0.312 e. The van der Waals surface area contributed by atoms with E-state index in [4.69, 9.17) is 9.47 Å². The zero-order valence-corrected chi connectivity index (χ0v) is 21.4. The van der Waals surface area contributed by atoms with Gasteiger partial charge in [0, 0.05) is 26.2 Å². The number of rotatable bonds is 15. The second-order valence-electron chi connectivity index (χ2n) is 9.97. The van der Waals surface area contributed by atoms with Crippen molar-refractivity contribution < 1.29 is 29.0 Å². The lowest BCUT2D eigenvalue weighted by Crippen LogP contribution is -2.56. The average Bonchev–Trinajstić information content (AvgIpc) is 3.45. The highest BCUT2D eigenvalue weighted by atomic mass is 16.6. The van der Waals surface area contributed by atoms with Crippen LogP contribution in [0.1, 0.15) is 65.2 Å². The van der Waals surface area contributed by atoms with Crippen LogP contribution in [0.5, 0.6) is 0 Å². The normalized spacial score (nSPS) is 30.9. The first-order valence-corrected chi connectivity index (χ1v) is 13.2. The molecule has 3 rings (SSSR count). The summed E-state index contributed by atoms with van der Waals surface area (Å²) in [4.78, 5) is 44.6. The van der Waals surface area contributed by atoms with Crippen molar-refractivity contribution in [2.24, 2.45) is 11.8 Å². The smallest absolute Gasteiger partial charge is 0.312 e. The highest BCUT2D eigenvalue weighted by Gasteiger charge is 2.79. The van der Waals surface area contributed by atoms with Gasteiger partial charge in [0.2, 0.25) is 11.8 Å². The van der Waals surface area contributed by atoms with Crippen LogP contribution in [0.3, 0.4) is 0 Å². The molecule has 0 aromatic carbocycles. The zero-order chi connectivity index (χ0) is 25.6. The molecule has 0 aromatic heterocycles. The van der Waals surface area contributed by atoms with Crippen molar-refractivity contribution in [1.29, 1.82) is 0 Å². The molecule has 5 atom stereocenters. The van der Waals surface area contributed by atoms with Crippen molar-refractivity contribution in [3.8, 4) is 0 Å². The van der Waals surface area contributed by atoms with Crippen LogP contribution in [0.2, 0.25) is 0 Å². The third kappa shape index (κ3) is 4.79. The number of carbonyl (C=O) groups is 3. The third-order valence-corrected chi connectivity index (χ3v) is 7.98. The number of likely N-dealkylation sites (tertiary alicyclic amines) is 1. The van der Waals surface area contributed by atoms with E-state index >= 15 is 0 Å². The SMILES string of the molecule is C=CCCOC(=O)[C@H]1[C@H]2C(=O)N(CCCO)C(C(=O)N(CC=C)CCCCC)C23CC[C@]1(CC)O3. The van der Waals surface area contributed by atoms with E-state index in [9.17, 15) is 19.5 Å². The number of fused-ring (bicyclic) bond motifs is 1. The molecular weight excluding hydrogens is 448 g/mol. The minimum absolute atomic E-state index is 0.0952. The van der Waals surface area contributed by atoms with Gasteiger partial charge in [0.05, 0.1) is 18.1 Å². The molecule has 1 spiro atoms. The number of unbranched alkanes of at least 4 members (excludes halogenated alkanes) is 2. The first-order valence-electron chi connectivity index (χ1n) is 13.2. The van der Waals surface area contributed by atoms with Crippen LogP contribution < -0.4 is 0 Å². The average molecular weight is 491 g/mol. The van der Waals surface area contributed by atoms with E-state index < -0.39 is 35.0 Å². The molecule has 3 aliphatic heterocycles. The first-order chi connectivity index (χ1) is 16.9. The molecule has 3 fully saturated rings. The van der Waals surface area contributed by atoms with Crippen molar-refractivity contribution in [2.75, 3.05) is 32.8 Å². The predicted octanol–water partition coefficient (Wildman–Crippen LogP) is 2.85. The van der Waals surface area contributed by atoms with Crippen molar-refractivity contribution in [3.05, 3.63) is 25.3 Å². The zero-order valence-electron chi connectivity index (χ0n) is 21.4. The molecule has 3 saturated heterocycles. The Kier molecular flexibility index (Phi) is 9.16. The minimum Gasteiger partial charge on any atom is -0.465 e. The maximum atomic E-state index is 14.1. The summed E-state index contributed by atoms with van der Waals surface area (Å²) in [5, 5.41) is 9.49. The van der Waals surface area contributed by atoms with Crippen LogP contribution in [-0.4, -0.2) is 82.8 Å². The quantitative estimate of drug-likeness (QED) is 0.215. The van der Waals surface area contributed by atoms with Gasteiger partial charge < -0.3 is 24.4 Å². The number of nitrogens with zero attached hydrogens (tertiary/aromatic N) is 2. The lowest BCUT2D eigenvalue weighted by Gasteiger charge is -2.37. The Labute approximate surface area is 209 Å². The van der Waals surface area contributed by atoms with Crippen LogP contribution in [0, 0.1) is 11.8 Å². The van der Waals surface area contributed by atoms with Crippen molar-refractivity contribution in [3.63, 3.8) is 0 Å². The molecule has 0 saturated carbocycles. The molecule has 3 heterocycles. The summed E-state index contributed by atoms with van der Waals surface area (Å²) < 4.78 is 12.3. The lowest BCUT2D eigenvalue weighted by atomic mass is 9.65. The Hall–Kier alpha value is -2.19. The fourth-order valence-electron chi connectivity index (χ4n) is 6.34. The van der Waals surface area contributed by atoms with E-state index in [2.05, 4.69) is 20.1 Å². The van der Waals surface area contributed by atoms with Crippen molar-refractivity contribution in [1.82, 2.24) is 9.80 Å². The number of aliphatic hydroxyl groups is 1. The van der Waals surface area contributed by atoms with Crippen LogP contribution in [-0.2, 0) is 23.9 Å². The molecule has 3 aliphatic rings. The predicted molar refractivity (Wildman–Crippen MR) is 132 cm³/mol. The molecule has 2 amide bonds. The number of ether oxygens (including phenoxy) is 2. The number of amides is 2. The molecule has 1 N–H and O–H groups in total. The summed E-state index contributed by atoms with van der Waals surface area (Å²) in [6, 6.07) is -0.826. The van der Waals surface area contributed by atoms with E-state index in [1.807, 2.05) is 6.92 Å². The van der Waals surface area contributed by atoms with Crippen LogP contribution in [0.25, 0.3) is 0 Å². The summed E-state index contributed by atoms with van der Waals surface area (Å²) in [6.45, 7) is 12.9. The van der Waals surface area contributed by atoms with Gasteiger partial charge in [-0.3, -0.25) is 14.4 Å². The van der Waals surface area contributed by atoms with Gasteiger partial charge >= 0.3 is 5.97 Å². The second kappa shape index (κ2) is 11.7. The fourth-order valence-corrected chi connectivity index (χ4v) is 6.34. The second-order valence-corrected chi connectivity index (χ2v) is 9.97. The van der Waals surface area contributed by atoms with Crippen LogP contribution in [0.4, 0.5) is 0 Å². The van der Waals surface area contributed by atoms with E-state index in [0.29, 0.717) is 45.2 Å². The third-order valence-electron chi connectivity index (χ3n) is 7.98. The first kappa shape index (κ1) is 27.4. The van der Waals surface area contributed by atoms with Gasteiger partial charge in [0.25, 0.3) is 0 Å². The lowest BCUT2D eigenvalue weighted by molar-refractivity contribution is -0.162. The van der Waals surface area contributed by atoms with E-state index in [-0.39, 0.29) is 31.6 Å². The summed E-state index contributed by atoms with van der Waals surface area (Å²) in [6.07, 6.45) is 8.86. The molecular formula is C27H42N2O6. The Morgan fingerprint density at radius 2 is 2.00 bits per heavy atom. The number of hydrogen-bond donors (Lipinski definition) is 1. The largest absolute Gasteiger partial charge is 0.465 e. The summed E-state index contributed by atoms with van der Waals surface area (Å²) in [5.74, 6) is -2.36. The van der Waals surface area contributed by atoms with Gasteiger partial charge in [0.15, 0.2) is 0 Å². The molecule has 196 valence electrons. The van der Waals surface area contributed by atoms with Gasteiger partial charge in [-0.05, 0) is 38.5 Å². The highest BCUT2D eigenvalue weighted by molar-refractivity contribution is 5.98. The molecule has 8 heteroatoms. The molecule has 0 aliphatic carbocycles. The van der Waals surface area contributed by atoms with Gasteiger partial charge in [-0.15, -0.1) is 13.2 Å². The van der Waals surface area contributed by atoms with E-state index in [1.54, 1.807) is 22.0 Å². The highest BCUT2D eigenvalue weighted by Crippen LogP contribution is 2.64. The fraction of sp³-hybridized carbons (Fsp3) is 0.741. The maximum absolute atomic E-state index is 14.1. The molecule has 2 unspecified atom stereocenters. The topological polar surface area (TPSA) is 96.4 Å². The van der Waals surface area contributed by atoms with E-state index in [0.717, 1.165) is 19.3 Å². The van der Waals surface area contributed by atoms with Gasteiger partial charge in [-0.25, -0.2) is 0 Å². The van der Waals surface area contributed by atoms with Crippen molar-refractivity contribution >= 4 is 17.8 Å². The van der Waals surface area contributed by atoms with Gasteiger partial charge in [0.1, 0.15) is 17.6 Å². The van der Waals surface area contributed by atoms with Crippen LogP contribution >= 0.6 is 0 Å². The van der Waals surface area contributed by atoms with Gasteiger partial charge in [-0.1, -0.05) is 38.8 Å². The Bertz CT molecular complexity index is 815. The minimum atomic E-state index is -1.06. The number of esters is 1. The van der Waals surface area contributed by atoms with Crippen LogP contribution in [0.15, 0.2) is 25.3 Å². The number of aliphatic hydroxyl groups excluding tert-OH is 1. The molecule has 35 heavy (non-hydrogen) atoms. The standard InChI is InChI=1S/C27H42N2O6/c1-5-9-11-16-28(15-7-3)24(32)22-27-14-13-26(8-4,35-27)21(25(33)34-19-10-6-2)20(27)23(31)29(22)17-12-18-30/h6-7,20-22,30H,2-3,5,8-19H2,1,4H3/t20-,21+,22?,26-,27?/m0/s1. The Balaban J connectivity index is 1.99. The number of hydrogen-bond acceptors (Lipinski definition) is 6. The Morgan fingerprint density at radius 1 is 1.23 bits per heavy atom. The molecule has 2 bridgehead atoms. The number of carbonyl (C=O) groups excluding carboxylic acids is 3. The van der Waals surface area contributed by atoms with Crippen molar-refractivity contribution in [2.45, 2.75) is 82.5 Å². The summed E-state index contributed by atoms with van der Waals surface area (Å²) in [5.41, 5.74) is -1.87. The molecule has 0 aromatic rings. The van der Waals surface area contributed by atoms with Gasteiger partial charge in [-0.2, -0.15) is 0 Å². The summed E-state index contributed by atoms with van der Waals surface area (Å²) >= 11 is 0.